The second-order valence-corrected chi connectivity index (χ2v) is 9.77. The van der Waals surface area contributed by atoms with Gasteiger partial charge in [0.05, 0.1) is 18.8 Å². The third kappa shape index (κ3) is 6.23. The van der Waals surface area contributed by atoms with Crippen molar-refractivity contribution < 1.29 is 14.3 Å². The highest BCUT2D eigenvalue weighted by Crippen LogP contribution is 2.28. The highest BCUT2D eigenvalue weighted by atomic mass is 16.5. The minimum Gasteiger partial charge on any atom is -0.372 e. The van der Waals surface area contributed by atoms with Gasteiger partial charge in [-0.25, -0.2) is 0 Å². The molecule has 2 amide bonds. The van der Waals surface area contributed by atoms with Crippen molar-refractivity contribution in [3.05, 3.63) is 24.3 Å². The Morgan fingerprint density at radius 2 is 1.59 bits per heavy atom. The van der Waals surface area contributed by atoms with Crippen LogP contribution in [0.5, 0.6) is 0 Å². The fourth-order valence-corrected chi connectivity index (χ4v) is 5.29. The molecule has 1 aromatic rings. The van der Waals surface area contributed by atoms with Crippen LogP contribution in [0, 0.1) is 5.92 Å². The van der Waals surface area contributed by atoms with Gasteiger partial charge >= 0.3 is 0 Å². The Bertz CT molecular complexity index is 760. The molecule has 2 unspecified atom stereocenters. The molecule has 2 saturated heterocycles. The summed E-state index contributed by atoms with van der Waals surface area (Å²) in [5.74, 6) is 0.884. The monoisotopic (exact) mass is 442 g/mol. The predicted octanol–water partition coefficient (Wildman–Crippen LogP) is 2.96. The largest absolute Gasteiger partial charge is 0.372 e. The first-order valence-corrected chi connectivity index (χ1v) is 12.3. The van der Waals surface area contributed by atoms with E-state index < -0.39 is 0 Å². The highest BCUT2D eigenvalue weighted by Gasteiger charge is 2.26. The summed E-state index contributed by atoms with van der Waals surface area (Å²) < 4.78 is 5.81. The summed E-state index contributed by atoms with van der Waals surface area (Å²) >= 11 is 0. The van der Waals surface area contributed by atoms with Crippen LogP contribution in [0.4, 0.5) is 11.4 Å². The van der Waals surface area contributed by atoms with Crippen LogP contribution >= 0.6 is 0 Å². The van der Waals surface area contributed by atoms with Crippen LogP contribution in [0.1, 0.15) is 46.0 Å². The number of hydrogen-bond acceptors (Lipinski definition) is 5. The van der Waals surface area contributed by atoms with Gasteiger partial charge in [-0.15, -0.1) is 0 Å². The van der Waals surface area contributed by atoms with E-state index in [1.54, 1.807) is 0 Å². The number of anilines is 2. The number of ether oxygens (including phenoxy) is 1. The summed E-state index contributed by atoms with van der Waals surface area (Å²) in [4.78, 5) is 31.5. The Kier molecular flexibility index (Phi) is 7.68. The molecule has 1 saturated carbocycles. The van der Waals surface area contributed by atoms with Gasteiger partial charge in [0, 0.05) is 57.1 Å². The number of rotatable bonds is 6. The minimum absolute atomic E-state index is 0.00269. The standard InChI is InChI=1S/C25H38N4O3/c1-19-16-29(17-20(2)32-19)23-9-7-22(8-10-23)26-24(30)18-27-11-13-28(14-12-27)25(31)15-21-5-3-4-6-21/h7-10,19-21H,3-6,11-18H2,1-2H3,(H,26,30). The topological polar surface area (TPSA) is 65.1 Å². The first-order valence-electron chi connectivity index (χ1n) is 12.3. The molecular weight excluding hydrogens is 404 g/mol. The number of carbonyl (C=O) groups is 2. The maximum atomic E-state index is 12.5. The lowest BCUT2D eigenvalue weighted by atomic mass is 10.0. The van der Waals surface area contributed by atoms with Crippen molar-refractivity contribution in [3.63, 3.8) is 0 Å². The van der Waals surface area contributed by atoms with E-state index in [9.17, 15) is 9.59 Å². The van der Waals surface area contributed by atoms with E-state index in [1.807, 2.05) is 17.0 Å². The Balaban J connectivity index is 1.19. The molecule has 1 aliphatic carbocycles. The average Bonchev–Trinajstić information content (AvgIpc) is 3.27. The van der Waals surface area contributed by atoms with Crippen molar-refractivity contribution >= 4 is 23.2 Å². The molecule has 2 heterocycles. The average molecular weight is 443 g/mol. The van der Waals surface area contributed by atoms with Crippen molar-refractivity contribution in [1.82, 2.24) is 9.80 Å². The zero-order valence-electron chi connectivity index (χ0n) is 19.6. The van der Waals surface area contributed by atoms with Crippen LogP contribution in [0.25, 0.3) is 0 Å². The molecule has 4 rings (SSSR count). The van der Waals surface area contributed by atoms with Crippen LogP contribution in [0.2, 0.25) is 0 Å². The Morgan fingerprint density at radius 3 is 2.22 bits per heavy atom. The van der Waals surface area contributed by atoms with Gasteiger partial charge in [0.2, 0.25) is 11.8 Å². The van der Waals surface area contributed by atoms with E-state index in [4.69, 9.17) is 4.74 Å². The Hall–Kier alpha value is -2.12. The van der Waals surface area contributed by atoms with Gasteiger partial charge in [-0.05, 0) is 56.9 Å². The number of hydrogen-bond donors (Lipinski definition) is 1. The molecule has 1 N–H and O–H groups in total. The van der Waals surface area contributed by atoms with Gasteiger partial charge in [-0.1, -0.05) is 12.8 Å². The molecule has 0 bridgehead atoms. The Labute approximate surface area is 192 Å². The predicted molar refractivity (Wildman–Crippen MR) is 127 cm³/mol. The summed E-state index contributed by atoms with van der Waals surface area (Å²) in [5.41, 5.74) is 1.97. The molecular formula is C25H38N4O3. The normalized spacial score (nSPS) is 25.2. The van der Waals surface area contributed by atoms with Crippen LogP contribution in [0.15, 0.2) is 24.3 Å². The van der Waals surface area contributed by atoms with E-state index in [2.05, 4.69) is 41.1 Å². The van der Waals surface area contributed by atoms with Crippen LogP contribution in [-0.2, 0) is 14.3 Å². The molecule has 0 radical (unpaired) electrons. The molecule has 1 aromatic carbocycles. The highest BCUT2D eigenvalue weighted by molar-refractivity contribution is 5.92. The molecule has 32 heavy (non-hydrogen) atoms. The molecule has 0 aromatic heterocycles. The number of piperazine rings is 1. The zero-order chi connectivity index (χ0) is 22.5. The van der Waals surface area contributed by atoms with Gasteiger partial charge in [0.25, 0.3) is 0 Å². The summed E-state index contributed by atoms with van der Waals surface area (Å²) in [6.45, 7) is 9.30. The van der Waals surface area contributed by atoms with Crippen LogP contribution < -0.4 is 10.2 Å². The first-order chi connectivity index (χ1) is 15.5. The summed E-state index contributed by atoms with van der Waals surface area (Å²) in [6.07, 6.45) is 6.10. The number of nitrogens with one attached hydrogen (secondary N) is 1. The molecule has 7 heteroatoms. The maximum absolute atomic E-state index is 12.5. The van der Waals surface area contributed by atoms with Gasteiger partial charge in [-0.2, -0.15) is 0 Å². The molecule has 3 aliphatic rings. The zero-order valence-corrected chi connectivity index (χ0v) is 19.6. The lowest BCUT2D eigenvalue weighted by Gasteiger charge is -2.37. The number of nitrogens with zero attached hydrogens (tertiary/aromatic N) is 3. The van der Waals surface area contributed by atoms with E-state index in [-0.39, 0.29) is 18.1 Å². The maximum Gasteiger partial charge on any atom is 0.238 e. The molecule has 3 fully saturated rings. The summed E-state index contributed by atoms with van der Waals surface area (Å²) in [6, 6.07) is 8.07. The van der Waals surface area contributed by atoms with Crippen LogP contribution in [0.3, 0.4) is 0 Å². The Morgan fingerprint density at radius 1 is 0.969 bits per heavy atom. The third-order valence-electron chi connectivity index (χ3n) is 6.97. The molecule has 0 spiro atoms. The van der Waals surface area contributed by atoms with E-state index in [0.29, 0.717) is 24.8 Å². The summed E-state index contributed by atoms with van der Waals surface area (Å²) in [7, 11) is 0. The summed E-state index contributed by atoms with van der Waals surface area (Å²) in [5, 5.41) is 3.01. The second kappa shape index (κ2) is 10.7. The van der Waals surface area contributed by atoms with E-state index in [0.717, 1.165) is 50.6 Å². The van der Waals surface area contributed by atoms with E-state index in [1.165, 1.54) is 25.7 Å². The molecule has 2 aliphatic heterocycles. The van der Waals surface area contributed by atoms with Gasteiger partial charge in [0.1, 0.15) is 0 Å². The quantitative estimate of drug-likeness (QED) is 0.734. The number of benzene rings is 1. The minimum atomic E-state index is -0.00269. The number of carbonyl (C=O) groups excluding carboxylic acids is 2. The fourth-order valence-electron chi connectivity index (χ4n) is 5.29. The fraction of sp³-hybridized carbons (Fsp3) is 0.680. The van der Waals surface area contributed by atoms with Crippen molar-refractivity contribution in [2.24, 2.45) is 5.92 Å². The molecule has 176 valence electrons. The van der Waals surface area contributed by atoms with Gasteiger partial charge in [-0.3, -0.25) is 14.5 Å². The molecule has 2 atom stereocenters. The van der Waals surface area contributed by atoms with Gasteiger partial charge in [0.15, 0.2) is 0 Å². The van der Waals surface area contributed by atoms with Crippen molar-refractivity contribution in [1.29, 1.82) is 0 Å². The third-order valence-corrected chi connectivity index (χ3v) is 6.97. The second-order valence-electron chi connectivity index (χ2n) is 9.77. The smallest absolute Gasteiger partial charge is 0.238 e. The lowest BCUT2D eigenvalue weighted by Crippen LogP contribution is -2.50. The number of morpholine rings is 1. The first kappa shape index (κ1) is 23.1. The van der Waals surface area contributed by atoms with Crippen molar-refractivity contribution in [2.75, 3.05) is 56.0 Å². The van der Waals surface area contributed by atoms with E-state index >= 15 is 0 Å². The van der Waals surface area contributed by atoms with Crippen LogP contribution in [-0.4, -0.2) is 79.6 Å². The van der Waals surface area contributed by atoms with Gasteiger partial charge < -0.3 is 19.9 Å². The SMILES string of the molecule is CC1CN(c2ccc(NC(=O)CN3CCN(C(=O)CC4CCCC4)CC3)cc2)CC(C)O1. The lowest BCUT2D eigenvalue weighted by molar-refractivity contribution is -0.134. The van der Waals surface area contributed by atoms with Crippen molar-refractivity contribution in [3.8, 4) is 0 Å². The van der Waals surface area contributed by atoms with Crippen molar-refractivity contribution in [2.45, 2.75) is 58.2 Å². The number of amides is 2. The molecule has 7 nitrogen and oxygen atoms in total.